The molecule has 2 N–H and O–H groups in total. The number of aromatic amines is 1. The Morgan fingerprint density at radius 3 is 2.33 bits per heavy atom. The third kappa shape index (κ3) is 5.45. The van der Waals surface area contributed by atoms with Gasteiger partial charge in [-0.1, -0.05) is 72.3 Å². The average molecular weight is 562 g/mol. The van der Waals surface area contributed by atoms with Crippen molar-refractivity contribution in [3.63, 3.8) is 0 Å². The maximum atomic E-state index is 13.8. The maximum absolute atomic E-state index is 13.8. The molecule has 1 aromatic heterocycles. The molecule has 40 heavy (non-hydrogen) atoms. The number of hydrogen-bond acceptors (Lipinski definition) is 4. The monoisotopic (exact) mass is 561 g/mol. The molecule has 1 heterocycles. The van der Waals surface area contributed by atoms with Crippen LogP contribution in [0.4, 0.5) is 13.2 Å². The number of benzene rings is 4. The molecule has 0 atom stereocenters. The standard InChI is InChI=1S/C30H19ClF3N3O3/c31-23-15-6-5-12-20(23)25-21-13-8-14-22(30(32,33)34)26(21)36-27(25)28(38)37-35-17-19-11-4-7-16-24(19)40-29(39)18-9-2-1-3-10-18/h1-17,36H,(H,37,38). The van der Waals surface area contributed by atoms with E-state index < -0.39 is 23.6 Å². The number of halogens is 4. The summed E-state index contributed by atoms with van der Waals surface area (Å²) in [5.74, 6) is -1.17. The predicted octanol–water partition coefficient (Wildman–Crippen LogP) is 7.49. The Morgan fingerprint density at radius 2 is 1.57 bits per heavy atom. The molecular weight excluding hydrogens is 543 g/mol. The highest BCUT2D eigenvalue weighted by Crippen LogP contribution is 2.41. The topological polar surface area (TPSA) is 83.5 Å². The molecule has 10 heteroatoms. The van der Waals surface area contributed by atoms with Gasteiger partial charge in [-0.15, -0.1) is 0 Å². The molecule has 0 bridgehead atoms. The molecule has 5 rings (SSSR count). The van der Waals surface area contributed by atoms with Crippen molar-refractivity contribution in [3.8, 4) is 16.9 Å². The van der Waals surface area contributed by atoms with Gasteiger partial charge in [0.05, 0.1) is 22.9 Å². The number of rotatable bonds is 6. The van der Waals surface area contributed by atoms with E-state index in [1.165, 1.54) is 18.3 Å². The van der Waals surface area contributed by atoms with E-state index in [0.717, 1.165) is 6.07 Å². The third-order valence-electron chi connectivity index (χ3n) is 6.01. The summed E-state index contributed by atoms with van der Waals surface area (Å²) in [5, 5.41) is 4.40. The van der Waals surface area contributed by atoms with Crippen LogP contribution in [0.15, 0.2) is 102 Å². The lowest BCUT2D eigenvalue weighted by Gasteiger charge is -2.08. The highest BCUT2D eigenvalue weighted by Gasteiger charge is 2.34. The minimum absolute atomic E-state index is 0.152. The number of para-hydroxylation sites is 2. The second kappa shape index (κ2) is 11.1. The molecule has 1 amide bonds. The molecule has 0 aliphatic carbocycles. The minimum Gasteiger partial charge on any atom is -0.422 e. The summed E-state index contributed by atoms with van der Waals surface area (Å²) in [6.07, 6.45) is -3.39. The first kappa shape index (κ1) is 26.7. The molecule has 0 spiro atoms. The van der Waals surface area contributed by atoms with E-state index in [2.05, 4.69) is 15.5 Å². The van der Waals surface area contributed by atoms with Gasteiger partial charge in [0.2, 0.25) is 0 Å². The number of nitrogens with one attached hydrogen (secondary N) is 2. The molecule has 4 aromatic carbocycles. The summed E-state index contributed by atoms with van der Waals surface area (Å²) in [7, 11) is 0. The number of carbonyl (C=O) groups excluding carboxylic acids is 2. The first-order chi connectivity index (χ1) is 19.2. The molecule has 0 unspecified atom stereocenters. The van der Waals surface area contributed by atoms with Gasteiger partial charge in [-0.2, -0.15) is 18.3 Å². The fourth-order valence-electron chi connectivity index (χ4n) is 4.20. The van der Waals surface area contributed by atoms with Crippen molar-refractivity contribution in [1.29, 1.82) is 0 Å². The number of ether oxygens (including phenoxy) is 1. The van der Waals surface area contributed by atoms with Crippen molar-refractivity contribution in [2.24, 2.45) is 5.10 Å². The summed E-state index contributed by atoms with van der Waals surface area (Å²) in [4.78, 5) is 28.4. The van der Waals surface area contributed by atoms with Crippen molar-refractivity contribution in [1.82, 2.24) is 10.4 Å². The van der Waals surface area contributed by atoms with Gasteiger partial charge in [0, 0.05) is 27.1 Å². The zero-order valence-corrected chi connectivity index (χ0v) is 21.3. The van der Waals surface area contributed by atoms with Gasteiger partial charge in [-0.3, -0.25) is 4.79 Å². The minimum atomic E-state index is -4.66. The number of hydrogen-bond donors (Lipinski definition) is 2. The van der Waals surface area contributed by atoms with Crippen LogP contribution in [-0.2, 0) is 6.18 Å². The SMILES string of the molecule is O=C(Oc1ccccc1C=NNC(=O)c1[nH]c2c(C(F)(F)F)cccc2c1-c1ccccc1Cl)c1ccccc1. The Kier molecular flexibility index (Phi) is 7.39. The highest BCUT2D eigenvalue weighted by molar-refractivity contribution is 6.34. The zero-order chi connectivity index (χ0) is 28.3. The Balaban J connectivity index is 1.47. The fraction of sp³-hybridized carbons (Fsp3) is 0.0333. The average Bonchev–Trinajstić information content (AvgIpc) is 3.33. The Morgan fingerprint density at radius 1 is 0.875 bits per heavy atom. The van der Waals surface area contributed by atoms with Crippen LogP contribution in [0, 0.1) is 0 Å². The summed E-state index contributed by atoms with van der Waals surface area (Å²) in [6, 6.07) is 25.2. The third-order valence-corrected chi connectivity index (χ3v) is 6.34. The molecule has 0 saturated heterocycles. The van der Waals surface area contributed by atoms with Crippen molar-refractivity contribution in [3.05, 3.63) is 124 Å². The number of aromatic nitrogens is 1. The molecule has 6 nitrogen and oxygen atoms in total. The lowest BCUT2D eigenvalue weighted by atomic mass is 10.00. The maximum Gasteiger partial charge on any atom is 0.418 e. The van der Waals surface area contributed by atoms with Crippen molar-refractivity contribution in [2.45, 2.75) is 6.18 Å². The first-order valence-electron chi connectivity index (χ1n) is 11.9. The molecule has 0 radical (unpaired) electrons. The molecule has 200 valence electrons. The van der Waals surface area contributed by atoms with Crippen LogP contribution >= 0.6 is 11.6 Å². The molecule has 5 aromatic rings. The molecule has 0 fully saturated rings. The first-order valence-corrected chi connectivity index (χ1v) is 12.3. The Labute approximate surface area is 231 Å². The lowest BCUT2D eigenvalue weighted by molar-refractivity contribution is -0.136. The van der Waals surface area contributed by atoms with Crippen LogP contribution in [0.25, 0.3) is 22.0 Å². The second-order valence-corrected chi connectivity index (χ2v) is 8.98. The van der Waals surface area contributed by atoms with E-state index in [1.54, 1.807) is 78.9 Å². The Hall–Kier alpha value is -4.89. The number of hydrazone groups is 1. The van der Waals surface area contributed by atoms with Gasteiger partial charge in [0.25, 0.3) is 5.91 Å². The summed E-state index contributed by atoms with van der Waals surface area (Å²) >= 11 is 6.37. The van der Waals surface area contributed by atoms with Crippen molar-refractivity contribution < 1.29 is 27.5 Å². The van der Waals surface area contributed by atoms with Crippen LogP contribution < -0.4 is 10.2 Å². The summed E-state index contributed by atoms with van der Waals surface area (Å²) in [6.45, 7) is 0. The molecule has 0 aliphatic rings. The number of amides is 1. The van der Waals surface area contributed by atoms with E-state index in [9.17, 15) is 22.8 Å². The summed E-state index contributed by atoms with van der Waals surface area (Å²) < 4.78 is 46.8. The zero-order valence-electron chi connectivity index (χ0n) is 20.5. The number of fused-ring (bicyclic) bond motifs is 1. The number of carbonyl (C=O) groups is 2. The van der Waals surface area contributed by atoms with Gasteiger partial charge in [0.15, 0.2) is 0 Å². The van der Waals surface area contributed by atoms with E-state index in [4.69, 9.17) is 16.3 Å². The van der Waals surface area contributed by atoms with Gasteiger partial charge in [0.1, 0.15) is 11.4 Å². The van der Waals surface area contributed by atoms with Crippen LogP contribution in [-0.4, -0.2) is 23.1 Å². The highest BCUT2D eigenvalue weighted by atomic mass is 35.5. The van der Waals surface area contributed by atoms with Gasteiger partial charge in [-0.25, -0.2) is 10.2 Å². The quantitative estimate of drug-likeness (QED) is 0.0975. The number of esters is 1. The van der Waals surface area contributed by atoms with Gasteiger partial charge >= 0.3 is 12.1 Å². The second-order valence-electron chi connectivity index (χ2n) is 8.57. The van der Waals surface area contributed by atoms with Crippen LogP contribution in [0.5, 0.6) is 5.75 Å². The predicted molar refractivity (Wildman–Crippen MR) is 147 cm³/mol. The fourth-order valence-corrected chi connectivity index (χ4v) is 4.43. The van der Waals surface area contributed by atoms with E-state index in [0.29, 0.717) is 16.7 Å². The smallest absolute Gasteiger partial charge is 0.418 e. The van der Waals surface area contributed by atoms with Crippen molar-refractivity contribution in [2.75, 3.05) is 0 Å². The van der Waals surface area contributed by atoms with Crippen LogP contribution in [0.3, 0.4) is 0 Å². The van der Waals surface area contributed by atoms with Crippen LogP contribution in [0.2, 0.25) is 5.02 Å². The lowest BCUT2D eigenvalue weighted by Crippen LogP contribution is -2.19. The molecular formula is C30H19ClF3N3O3. The summed E-state index contributed by atoms with van der Waals surface area (Å²) in [5.41, 5.74) is 2.34. The van der Waals surface area contributed by atoms with Gasteiger partial charge < -0.3 is 9.72 Å². The Bertz CT molecular complexity index is 1750. The molecule has 0 aliphatic heterocycles. The number of alkyl halides is 3. The number of nitrogens with zero attached hydrogens (tertiary/aromatic N) is 1. The van der Waals surface area contributed by atoms with E-state index in [1.807, 2.05) is 0 Å². The van der Waals surface area contributed by atoms with E-state index >= 15 is 0 Å². The van der Waals surface area contributed by atoms with Crippen LogP contribution in [0.1, 0.15) is 32.0 Å². The number of H-pyrrole nitrogens is 1. The normalized spacial score (nSPS) is 11.6. The van der Waals surface area contributed by atoms with Gasteiger partial charge in [-0.05, 0) is 36.4 Å². The van der Waals surface area contributed by atoms with E-state index in [-0.39, 0.29) is 32.9 Å². The van der Waals surface area contributed by atoms with Crippen molar-refractivity contribution >= 4 is 40.6 Å². The largest absolute Gasteiger partial charge is 0.422 e. The molecule has 0 saturated carbocycles.